The fraction of sp³-hybridized carbons (Fsp3) is 0.227. The van der Waals surface area contributed by atoms with Crippen LogP contribution < -0.4 is 26.6 Å². The summed E-state index contributed by atoms with van der Waals surface area (Å²) in [5.74, 6) is 0.745. The fourth-order valence-electron chi connectivity index (χ4n) is 4.23. The van der Waals surface area contributed by atoms with Crippen LogP contribution >= 0.6 is 0 Å². The van der Waals surface area contributed by atoms with Gasteiger partial charge in [0, 0.05) is 47.7 Å². The molecule has 1 aromatic heterocycles. The van der Waals surface area contributed by atoms with E-state index in [1.54, 1.807) is 6.20 Å². The highest BCUT2D eigenvalue weighted by Crippen LogP contribution is 2.36. The minimum Gasteiger partial charge on any atom is -0.444 e. The predicted molar refractivity (Wildman–Crippen MR) is 114 cm³/mol. The van der Waals surface area contributed by atoms with Gasteiger partial charge in [0.2, 0.25) is 0 Å². The Balaban J connectivity index is 1.57. The zero-order valence-corrected chi connectivity index (χ0v) is 16.0. The van der Waals surface area contributed by atoms with Crippen molar-refractivity contribution in [3.63, 3.8) is 0 Å². The number of hydrogen-bond acceptors (Lipinski definition) is 7. The Hall–Kier alpha value is -3.13. The number of aromatic nitrogens is 1. The molecule has 148 valence electrons. The number of anilines is 2. The summed E-state index contributed by atoms with van der Waals surface area (Å²) < 4.78 is 5.41. The number of oxazole rings is 1. The van der Waals surface area contributed by atoms with Gasteiger partial charge in [-0.2, -0.15) is 0 Å². The van der Waals surface area contributed by atoms with Crippen molar-refractivity contribution in [2.75, 3.05) is 22.9 Å². The van der Waals surface area contributed by atoms with Crippen LogP contribution in [0.2, 0.25) is 0 Å². The molecule has 2 unspecified atom stereocenters. The van der Waals surface area contributed by atoms with Gasteiger partial charge in [-0.15, -0.1) is 0 Å². The number of benzene rings is 2. The highest BCUT2D eigenvalue weighted by molar-refractivity contribution is 5.66. The van der Waals surface area contributed by atoms with Crippen LogP contribution in [0.4, 0.5) is 11.4 Å². The van der Waals surface area contributed by atoms with Crippen molar-refractivity contribution in [2.24, 2.45) is 11.5 Å². The van der Waals surface area contributed by atoms with Crippen LogP contribution in [0.3, 0.4) is 0 Å². The van der Waals surface area contributed by atoms with E-state index in [1.807, 2.05) is 42.5 Å². The Morgan fingerprint density at radius 1 is 1.00 bits per heavy atom. The van der Waals surface area contributed by atoms with Gasteiger partial charge in [-0.1, -0.05) is 18.2 Å². The standard InChI is InChI=1S/C22H24N6O/c23-21-18-12-25-11-10-19(18)27(22(24)28(21)16-4-2-1-3-5-16)17-8-6-15(7-9-17)20-13-26-14-29-20/h1-9,13-14,21-22,25H,10-12,23-24H2. The molecule has 0 saturated carbocycles. The highest BCUT2D eigenvalue weighted by atomic mass is 16.3. The summed E-state index contributed by atoms with van der Waals surface area (Å²) in [5, 5.41) is 3.45. The van der Waals surface area contributed by atoms with Crippen molar-refractivity contribution in [3.8, 4) is 11.3 Å². The fourth-order valence-corrected chi connectivity index (χ4v) is 4.23. The SMILES string of the molecule is NC1C2=C(CCNC2)N(c2ccc(-c3cnco3)cc2)C(N)N1c1ccccc1. The molecule has 29 heavy (non-hydrogen) atoms. The minimum absolute atomic E-state index is 0.264. The molecular formula is C22H24N6O. The zero-order valence-electron chi connectivity index (χ0n) is 16.0. The van der Waals surface area contributed by atoms with Gasteiger partial charge in [0.25, 0.3) is 0 Å². The summed E-state index contributed by atoms with van der Waals surface area (Å²) in [6, 6.07) is 18.3. The van der Waals surface area contributed by atoms with E-state index in [2.05, 4.69) is 32.2 Å². The number of nitrogens with two attached hydrogens (primary N) is 2. The molecule has 0 spiro atoms. The second-order valence-corrected chi connectivity index (χ2v) is 7.28. The lowest BCUT2D eigenvalue weighted by molar-refractivity contribution is 0.470. The maximum absolute atomic E-state index is 6.81. The zero-order chi connectivity index (χ0) is 19.8. The van der Waals surface area contributed by atoms with Gasteiger partial charge < -0.3 is 25.3 Å². The molecule has 7 heteroatoms. The quantitative estimate of drug-likeness (QED) is 0.634. The lowest BCUT2D eigenvalue weighted by Crippen LogP contribution is -2.66. The third kappa shape index (κ3) is 3.09. The van der Waals surface area contributed by atoms with Gasteiger partial charge in [-0.25, -0.2) is 4.98 Å². The third-order valence-corrected chi connectivity index (χ3v) is 5.64. The predicted octanol–water partition coefficient (Wildman–Crippen LogP) is 2.44. The van der Waals surface area contributed by atoms with Crippen LogP contribution in [0.1, 0.15) is 6.42 Å². The molecule has 0 bridgehead atoms. The lowest BCUT2D eigenvalue weighted by atomic mass is 9.98. The summed E-state index contributed by atoms with van der Waals surface area (Å²) in [4.78, 5) is 8.28. The maximum atomic E-state index is 6.81. The number of rotatable bonds is 3. The first-order chi connectivity index (χ1) is 14.2. The van der Waals surface area contributed by atoms with E-state index in [9.17, 15) is 0 Å². The van der Waals surface area contributed by atoms with Crippen molar-refractivity contribution in [1.29, 1.82) is 0 Å². The van der Waals surface area contributed by atoms with Crippen molar-refractivity contribution < 1.29 is 4.42 Å². The normalized spacial score (nSPS) is 22.0. The van der Waals surface area contributed by atoms with Gasteiger partial charge in [-0.3, -0.25) is 5.73 Å². The largest absolute Gasteiger partial charge is 0.444 e. The Morgan fingerprint density at radius 2 is 1.79 bits per heavy atom. The smallest absolute Gasteiger partial charge is 0.181 e. The molecule has 3 aromatic rings. The molecule has 0 aliphatic carbocycles. The van der Waals surface area contributed by atoms with Crippen molar-refractivity contribution >= 4 is 11.4 Å². The second-order valence-electron chi connectivity index (χ2n) is 7.28. The van der Waals surface area contributed by atoms with Crippen LogP contribution in [0.25, 0.3) is 11.3 Å². The van der Waals surface area contributed by atoms with E-state index >= 15 is 0 Å². The number of nitrogens with one attached hydrogen (secondary N) is 1. The van der Waals surface area contributed by atoms with E-state index in [0.717, 1.165) is 42.2 Å². The molecule has 5 N–H and O–H groups in total. The van der Waals surface area contributed by atoms with Crippen molar-refractivity contribution in [2.45, 2.75) is 18.9 Å². The van der Waals surface area contributed by atoms with Crippen LogP contribution in [0.5, 0.6) is 0 Å². The van der Waals surface area contributed by atoms with Gasteiger partial charge in [0.1, 0.15) is 6.17 Å². The molecular weight excluding hydrogens is 364 g/mol. The molecule has 2 aliphatic heterocycles. The highest BCUT2D eigenvalue weighted by Gasteiger charge is 2.38. The Kier molecular flexibility index (Phi) is 4.55. The molecule has 0 amide bonds. The molecule has 0 saturated heterocycles. The monoisotopic (exact) mass is 388 g/mol. The van der Waals surface area contributed by atoms with E-state index in [4.69, 9.17) is 15.9 Å². The first-order valence-corrected chi connectivity index (χ1v) is 9.79. The average molecular weight is 388 g/mol. The summed E-state index contributed by atoms with van der Waals surface area (Å²) in [5.41, 5.74) is 18.9. The van der Waals surface area contributed by atoms with Gasteiger partial charge in [0.15, 0.2) is 18.4 Å². The lowest BCUT2D eigenvalue weighted by Gasteiger charge is -2.50. The van der Waals surface area contributed by atoms with E-state index in [1.165, 1.54) is 17.7 Å². The van der Waals surface area contributed by atoms with E-state index in [0.29, 0.717) is 0 Å². The Labute approximate surface area is 169 Å². The summed E-state index contributed by atoms with van der Waals surface area (Å²) in [6.45, 7) is 1.68. The summed E-state index contributed by atoms with van der Waals surface area (Å²) >= 11 is 0. The number of nitrogens with zero attached hydrogens (tertiary/aromatic N) is 3. The van der Waals surface area contributed by atoms with Gasteiger partial charge >= 0.3 is 0 Å². The van der Waals surface area contributed by atoms with Crippen LogP contribution in [0, 0.1) is 0 Å². The number of hydrogen-bond donors (Lipinski definition) is 3. The summed E-state index contributed by atoms with van der Waals surface area (Å²) in [7, 11) is 0. The van der Waals surface area contributed by atoms with Gasteiger partial charge in [0.05, 0.1) is 6.20 Å². The molecule has 7 nitrogen and oxygen atoms in total. The van der Waals surface area contributed by atoms with E-state index in [-0.39, 0.29) is 6.17 Å². The first kappa shape index (κ1) is 17.9. The average Bonchev–Trinajstić information content (AvgIpc) is 3.30. The molecule has 5 rings (SSSR count). The van der Waals surface area contributed by atoms with Crippen LogP contribution in [0.15, 0.2) is 82.9 Å². The maximum Gasteiger partial charge on any atom is 0.181 e. The molecule has 2 atom stereocenters. The van der Waals surface area contributed by atoms with Gasteiger partial charge in [-0.05, 0) is 36.4 Å². The van der Waals surface area contributed by atoms with Crippen molar-refractivity contribution in [1.82, 2.24) is 10.3 Å². The van der Waals surface area contributed by atoms with Crippen LogP contribution in [-0.4, -0.2) is 30.5 Å². The number of para-hydroxylation sites is 1. The molecule has 0 fully saturated rings. The van der Waals surface area contributed by atoms with Crippen molar-refractivity contribution in [3.05, 3.63) is 78.5 Å². The molecule has 0 radical (unpaired) electrons. The van der Waals surface area contributed by atoms with Crippen LogP contribution in [-0.2, 0) is 0 Å². The van der Waals surface area contributed by atoms with E-state index < -0.39 is 6.29 Å². The third-order valence-electron chi connectivity index (χ3n) is 5.64. The Bertz CT molecular complexity index is 1000. The molecule has 2 aliphatic rings. The molecule has 3 heterocycles. The summed E-state index contributed by atoms with van der Waals surface area (Å²) in [6.07, 6.45) is 3.38. The Morgan fingerprint density at radius 3 is 2.52 bits per heavy atom. The first-order valence-electron chi connectivity index (χ1n) is 9.79. The minimum atomic E-state index is -0.402. The molecule has 2 aromatic carbocycles. The topological polar surface area (TPSA) is 96.6 Å². The second kappa shape index (κ2) is 7.36.